The zero-order valence-corrected chi connectivity index (χ0v) is 11.8. The van der Waals surface area contributed by atoms with Crippen molar-refractivity contribution in [2.24, 2.45) is 5.73 Å². The van der Waals surface area contributed by atoms with E-state index in [2.05, 4.69) is 24.4 Å². The summed E-state index contributed by atoms with van der Waals surface area (Å²) in [6, 6.07) is 4.27. The largest absolute Gasteiger partial charge is 0.356 e. The number of nitrogens with two attached hydrogens (primary N) is 1. The van der Waals surface area contributed by atoms with Crippen LogP contribution in [-0.2, 0) is 11.2 Å². The average Bonchev–Trinajstić information content (AvgIpc) is 2.65. The number of hydrogen-bond donors (Lipinski definition) is 2. The topological polar surface area (TPSA) is 55.1 Å². The van der Waals surface area contributed by atoms with E-state index in [9.17, 15) is 4.79 Å². The molecule has 3 N–H and O–H groups in total. The Bertz CT molecular complexity index is 328. The van der Waals surface area contributed by atoms with Crippen molar-refractivity contribution in [2.45, 2.75) is 32.6 Å². The molecule has 0 saturated carbocycles. The first-order chi connectivity index (χ1) is 7.72. The first-order valence-electron chi connectivity index (χ1n) is 5.74. The van der Waals surface area contributed by atoms with Crippen molar-refractivity contribution in [3.8, 4) is 0 Å². The van der Waals surface area contributed by atoms with Gasteiger partial charge in [-0.1, -0.05) is 0 Å². The minimum Gasteiger partial charge on any atom is -0.356 e. The van der Waals surface area contributed by atoms with Crippen molar-refractivity contribution in [1.82, 2.24) is 5.32 Å². The van der Waals surface area contributed by atoms with Gasteiger partial charge in [-0.15, -0.1) is 23.7 Å². The van der Waals surface area contributed by atoms with Crippen molar-refractivity contribution in [3.63, 3.8) is 0 Å². The van der Waals surface area contributed by atoms with E-state index in [0.717, 1.165) is 19.3 Å². The molecule has 5 heteroatoms. The molecule has 17 heavy (non-hydrogen) atoms. The van der Waals surface area contributed by atoms with E-state index in [0.29, 0.717) is 19.5 Å². The normalized spacial score (nSPS) is 9.76. The van der Waals surface area contributed by atoms with Gasteiger partial charge in [-0.2, -0.15) is 0 Å². The highest BCUT2D eigenvalue weighted by Crippen LogP contribution is 2.17. The van der Waals surface area contributed by atoms with Crippen LogP contribution in [0, 0.1) is 6.92 Å². The lowest BCUT2D eigenvalue weighted by Gasteiger charge is -2.03. The summed E-state index contributed by atoms with van der Waals surface area (Å²) >= 11 is 1.81. The lowest BCUT2D eigenvalue weighted by molar-refractivity contribution is -0.121. The molecule has 3 nitrogen and oxygen atoms in total. The highest BCUT2D eigenvalue weighted by atomic mass is 35.5. The van der Waals surface area contributed by atoms with Crippen LogP contribution >= 0.6 is 23.7 Å². The van der Waals surface area contributed by atoms with Gasteiger partial charge in [0.15, 0.2) is 0 Å². The highest BCUT2D eigenvalue weighted by molar-refractivity contribution is 7.11. The van der Waals surface area contributed by atoms with Crippen molar-refractivity contribution < 1.29 is 4.79 Å². The molecule has 1 rings (SSSR count). The number of amides is 1. The fourth-order valence-electron chi connectivity index (χ4n) is 1.46. The van der Waals surface area contributed by atoms with Gasteiger partial charge in [0.2, 0.25) is 5.91 Å². The Morgan fingerprint density at radius 1 is 1.41 bits per heavy atom. The molecule has 0 aliphatic carbocycles. The highest BCUT2D eigenvalue weighted by Gasteiger charge is 2.02. The molecule has 1 aromatic rings. The first kappa shape index (κ1) is 16.4. The molecule has 0 fully saturated rings. The summed E-state index contributed by atoms with van der Waals surface area (Å²) < 4.78 is 0. The number of hydrogen-bond acceptors (Lipinski definition) is 3. The van der Waals surface area contributed by atoms with Gasteiger partial charge in [0.1, 0.15) is 0 Å². The number of carbonyl (C=O) groups excluding carboxylic acids is 1. The quantitative estimate of drug-likeness (QED) is 0.751. The molecule has 0 aliphatic heterocycles. The second-order valence-corrected chi connectivity index (χ2v) is 5.23. The number of halogens is 1. The second kappa shape index (κ2) is 9.45. The molecule has 0 unspecified atom stereocenters. The second-order valence-electron chi connectivity index (χ2n) is 3.86. The van der Waals surface area contributed by atoms with Crippen LogP contribution in [0.1, 0.15) is 29.0 Å². The van der Waals surface area contributed by atoms with Crippen LogP contribution < -0.4 is 11.1 Å². The van der Waals surface area contributed by atoms with Crippen molar-refractivity contribution in [3.05, 3.63) is 21.9 Å². The standard InChI is InChI=1S/C12H20N2OS.ClH/c1-10-6-7-11(16-10)4-2-5-12(15)14-9-3-8-13;/h6-7H,2-5,8-9,13H2,1H3,(H,14,15);1H. The lowest BCUT2D eigenvalue weighted by Crippen LogP contribution is -2.25. The zero-order chi connectivity index (χ0) is 11.8. The van der Waals surface area contributed by atoms with E-state index in [-0.39, 0.29) is 18.3 Å². The molecule has 1 amide bonds. The van der Waals surface area contributed by atoms with Crippen molar-refractivity contribution in [2.75, 3.05) is 13.1 Å². The van der Waals surface area contributed by atoms with Crippen LogP contribution in [-0.4, -0.2) is 19.0 Å². The number of aryl methyl sites for hydroxylation is 2. The summed E-state index contributed by atoms with van der Waals surface area (Å²) in [7, 11) is 0. The summed E-state index contributed by atoms with van der Waals surface area (Å²) in [6.07, 6.45) is 3.40. The minimum absolute atomic E-state index is 0. The SMILES string of the molecule is Cc1ccc(CCCC(=O)NCCCN)s1.Cl. The monoisotopic (exact) mass is 276 g/mol. The Hall–Kier alpha value is -0.580. The molecule has 0 aromatic carbocycles. The summed E-state index contributed by atoms with van der Waals surface area (Å²) in [5, 5.41) is 2.86. The Labute approximate surface area is 113 Å². The molecule has 0 bridgehead atoms. The van der Waals surface area contributed by atoms with Gasteiger partial charge >= 0.3 is 0 Å². The van der Waals surface area contributed by atoms with Crippen LogP contribution in [0.4, 0.5) is 0 Å². The van der Waals surface area contributed by atoms with Crippen LogP contribution in [0.25, 0.3) is 0 Å². The van der Waals surface area contributed by atoms with Crippen LogP contribution in [0.3, 0.4) is 0 Å². The molecular weight excluding hydrogens is 256 g/mol. The molecule has 0 atom stereocenters. The molecule has 1 aromatic heterocycles. The maximum absolute atomic E-state index is 11.4. The summed E-state index contributed by atoms with van der Waals surface area (Å²) in [5.74, 6) is 0.140. The van der Waals surface area contributed by atoms with Crippen LogP contribution in [0.5, 0.6) is 0 Å². The smallest absolute Gasteiger partial charge is 0.220 e. The Balaban J connectivity index is 0.00000256. The van der Waals surface area contributed by atoms with Crippen molar-refractivity contribution in [1.29, 1.82) is 0 Å². The third-order valence-electron chi connectivity index (χ3n) is 2.33. The Morgan fingerprint density at radius 2 is 2.18 bits per heavy atom. The third-order valence-corrected chi connectivity index (χ3v) is 3.39. The maximum Gasteiger partial charge on any atom is 0.220 e. The number of nitrogens with one attached hydrogen (secondary N) is 1. The Morgan fingerprint density at radius 3 is 2.76 bits per heavy atom. The first-order valence-corrected chi connectivity index (χ1v) is 6.56. The molecule has 98 valence electrons. The van der Waals surface area contributed by atoms with Gasteiger partial charge in [0.05, 0.1) is 0 Å². The van der Waals surface area contributed by atoms with E-state index in [1.54, 1.807) is 0 Å². The third kappa shape index (κ3) is 7.36. The van der Waals surface area contributed by atoms with Gasteiger partial charge in [-0.3, -0.25) is 4.79 Å². The predicted octanol–water partition coefficient (Wildman–Crippen LogP) is 2.27. The maximum atomic E-state index is 11.4. The molecule has 0 spiro atoms. The molecule has 1 heterocycles. The molecular formula is C12H21ClN2OS. The average molecular weight is 277 g/mol. The summed E-state index contributed by atoms with van der Waals surface area (Å²) in [4.78, 5) is 14.1. The van der Waals surface area contributed by atoms with Gasteiger partial charge < -0.3 is 11.1 Å². The zero-order valence-electron chi connectivity index (χ0n) is 10.2. The molecule has 0 saturated heterocycles. The minimum atomic E-state index is 0. The van der Waals surface area contributed by atoms with Gasteiger partial charge in [-0.25, -0.2) is 0 Å². The predicted molar refractivity (Wildman–Crippen MR) is 75.9 cm³/mol. The molecule has 0 aliphatic rings. The number of rotatable bonds is 7. The number of carbonyl (C=O) groups is 1. The van der Waals surface area contributed by atoms with Crippen LogP contribution in [0.15, 0.2) is 12.1 Å². The summed E-state index contributed by atoms with van der Waals surface area (Å²) in [5.41, 5.74) is 5.34. The fourth-order valence-corrected chi connectivity index (χ4v) is 2.39. The van der Waals surface area contributed by atoms with Gasteiger partial charge in [-0.05, 0) is 44.9 Å². The van der Waals surface area contributed by atoms with Crippen molar-refractivity contribution >= 4 is 29.7 Å². The van der Waals surface area contributed by atoms with E-state index in [1.807, 2.05) is 11.3 Å². The van der Waals surface area contributed by atoms with Gasteiger partial charge in [0.25, 0.3) is 0 Å². The Kier molecular flexibility index (Phi) is 9.13. The number of thiophene rings is 1. The van der Waals surface area contributed by atoms with Crippen LogP contribution in [0.2, 0.25) is 0 Å². The van der Waals surface area contributed by atoms with E-state index in [1.165, 1.54) is 9.75 Å². The fraction of sp³-hybridized carbons (Fsp3) is 0.583. The van der Waals surface area contributed by atoms with E-state index >= 15 is 0 Å². The molecule has 0 radical (unpaired) electrons. The van der Waals surface area contributed by atoms with E-state index < -0.39 is 0 Å². The van der Waals surface area contributed by atoms with E-state index in [4.69, 9.17) is 5.73 Å². The summed E-state index contributed by atoms with van der Waals surface area (Å²) in [6.45, 7) is 3.44. The van der Waals surface area contributed by atoms with Gasteiger partial charge in [0, 0.05) is 22.7 Å². The lowest BCUT2D eigenvalue weighted by atomic mass is 10.2.